The number of sulfone groups is 1. The highest BCUT2D eigenvalue weighted by atomic mass is 32.2. The van der Waals surface area contributed by atoms with Gasteiger partial charge in [0.25, 0.3) is 0 Å². The fourth-order valence-electron chi connectivity index (χ4n) is 2.24. The van der Waals surface area contributed by atoms with Crippen LogP contribution in [0.25, 0.3) is 0 Å². The van der Waals surface area contributed by atoms with Gasteiger partial charge < -0.3 is 9.84 Å². The molecule has 1 aromatic heterocycles. The van der Waals surface area contributed by atoms with Crippen LogP contribution in [-0.4, -0.2) is 31.1 Å². The Morgan fingerprint density at radius 1 is 1.56 bits per heavy atom. The third kappa shape index (κ3) is 2.62. The smallest absolute Gasteiger partial charge is 0.151 e. The fourth-order valence-corrected chi connectivity index (χ4v) is 3.66. The van der Waals surface area contributed by atoms with E-state index < -0.39 is 9.84 Å². The fraction of sp³-hybridized carbons (Fsp3) is 0.700. The van der Waals surface area contributed by atoms with Crippen LogP contribution < -0.4 is 5.32 Å². The van der Waals surface area contributed by atoms with E-state index in [0.717, 1.165) is 25.0 Å². The molecule has 0 aromatic carbocycles. The molecule has 0 amide bonds. The molecule has 0 saturated heterocycles. The zero-order valence-electron chi connectivity index (χ0n) is 9.22. The SMILES string of the molecule is CS(=O)(=O)C1CCCC1NCc1ccon1. The van der Waals surface area contributed by atoms with Gasteiger partial charge in [-0.15, -0.1) is 0 Å². The average molecular weight is 244 g/mol. The van der Waals surface area contributed by atoms with Crippen molar-refractivity contribution in [1.82, 2.24) is 10.5 Å². The summed E-state index contributed by atoms with van der Waals surface area (Å²) in [4.78, 5) is 0. The molecular formula is C10H16N2O3S. The van der Waals surface area contributed by atoms with Crippen LogP contribution in [0.15, 0.2) is 16.9 Å². The van der Waals surface area contributed by atoms with E-state index in [4.69, 9.17) is 4.52 Å². The van der Waals surface area contributed by atoms with Gasteiger partial charge in [0.2, 0.25) is 0 Å². The van der Waals surface area contributed by atoms with E-state index in [0.29, 0.717) is 6.54 Å². The normalized spacial score (nSPS) is 26.1. The van der Waals surface area contributed by atoms with Crippen LogP contribution in [0.3, 0.4) is 0 Å². The summed E-state index contributed by atoms with van der Waals surface area (Å²) in [5.74, 6) is 0. The molecule has 1 saturated carbocycles. The molecule has 0 aliphatic heterocycles. The second-order valence-electron chi connectivity index (χ2n) is 4.28. The maximum Gasteiger partial charge on any atom is 0.151 e. The summed E-state index contributed by atoms with van der Waals surface area (Å²) in [5.41, 5.74) is 0.805. The summed E-state index contributed by atoms with van der Waals surface area (Å²) < 4.78 is 27.8. The predicted octanol–water partition coefficient (Wildman–Crippen LogP) is 0.730. The number of hydrogen-bond donors (Lipinski definition) is 1. The van der Waals surface area contributed by atoms with Crippen LogP contribution >= 0.6 is 0 Å². The second-order valence-corrected chi connectivity index (χ2v) is 6.54. The zero-order chi connectivity index (χ0) is 11.6. The van der Waals surface area contributed by atoms with Crippen molar-refractivity contribution in [1.29, 1.82) is 0 Å². The molecule has 0 spiro atoms. The molecule has 2 atom stereocenters. The van der Waals surface area contributed by atoms with Crippen LogP contribution in [0.5, 0.6) is 0 Å². The Bertz CT molecular complexity index is 427. The molecule has 5 nitrogen and oxygen atoms in total. The second kappa shape index (κ2) is 4.55. The topological polar surface area (TPSA) is 72.2 Å². The van der Waals surface area contributed by atoms with Gasteiger partial charge >= 0.3 is 0 Å². The van der Waals surface area contributed by atoms with E-state index in [1.165, 1.54) is 12.5 Å². The molecule has 1 aliphatic carbocycles. The highest BCUT2D eigenvalue weighted by Crippen LogP contribution is 2.25. The summed E-state index contributed by atoms with van der Waals surface area (Å²) in [6.45, 7) is 0.563. The van der Waals surface area contributed by atoms with Crippen LogP contribution in [0.4, 0.5) is 0 Å². The van der Waals surface area contributed by atoms with Gasteiger partial charge in [0, 0.05) is 24.9 Å². The molecule has 90 valence electrons. The van der Waals surface area contributed by atoms with Crippen molar-refractivity contribution >= 4 is 9.84 Å². The molecule has 1 fully saturated rings. The highest BCUT2D eigenvalue weighted by Gasteiger charge is 2.34. The monoisotopic (exact) mass is 244 g/mol. The zero-order valence-corrected chi connectivity index (χ0v) is 10.0. The molecule has 6 heteroatoms. The van der Waals surface area contributed by atoms with Gasteiger partial charge in [-0.1, -0.05) is 11.6 Å². The largest absolute Gasteiger partial charge is 0.364 e. The molecule has 0 radical (unpaired) electrons. The van der Waals surface area contributed by atoms with Crippen molar-refractivity contribution in [2.24, 2.45) is 0 Å². The average Bonchev–Trinajstić information content (AvgIpc) is 2.85. The van der Waals surface area contributed by atoms with Crippen molar-refractivity contribution in [2.45, 2.75) is 37.1 Å². The Balaban J connectivity index is 1.94. The van der Waals surface area contributed by atoms with E-state index in [1.807, 2.05) is 0 Å². The van der Waals surface area contributed by atoms with E-state index >= 15 is 0 Å². The van der Waals surface area contributed by atoms with Gasteiger partial charge in [-0.2, -0.15) is 0 Å². The number of rotatable bonds is 4. The van der Waals surface area contributed by atoms with Crippen molar-refractivity contribution in [3.05, 3.63) is 18.0 Å². The first-order valence-electron chi connectivity index (χ1n) is 5.39. The maximum atomic E-state index is 11.5. The Kier molecular flexibility index (Phi) is 3.30. The first-order valence-corrected chi connectivity index (χ1v) is 7.34. The summed E-state index contributed by atoms with van der Waals surface area (Å²) >= 11 is 0. The lowest BCUT2D eigenvalue weighted by molar-refractivity contribution is 0.404. The molecule has 0 bridgehead atoms. The lowest BCUT2D eigenvalue weighted by Crippen LogP contribution is -2.39. The molecule has 16 heavy (non-hydrogen) atoms. The lowest BCUT2D eigenvalue weighted by atomic mass is 10.2. The Labute approximate surface area is 95.1 Å². The van der Waals surface area contributed by atoms with Gasteiger partial charge in [-0.3, -0.25) is 0 Å². The quantitative estimate of drug-likeness (QED) is 0.845. The third-order valence-corrected chi connectivity index (χ3v) is 4.70. The summed E-state index contributed by atoms with van der Waals surface area (Å²) in [6.07, 6.45) is 5.46. The molecule has 1 heterocycles. The number of aromatic nitrogens is 1. The summed E-state index contributed by atoms with van der Waals surface area (Å²) in [5, 5.41) is 6.77. The first kappa shape index (κ1) is 11.6. The maximum absolute atomic E-state index is 11.5. The van der Waals surface area contributed by atoms with Crippen LogP contribution in [0, 0.1) is 0 Å². The van der Waals surface area contributed by atoms with Crippen molar-refractivity contribution in [3.63, 3.8) is 0 Å². The lowest BCUT2D eigenvalue weighted by Gasteiger charge is -2.18. The molecule has 1 N–H and O–H groups in total. The van der Waals surface area contributed by atoms with Crippen LogP contribution in [0.2, 0.25) is 0 Å². The number of hydrogen-bond acceptors (Lipinski definition) is 5. The van der Waals surface area contributed by atoms with Crippen molar-refractivity contribution < 1.29 is 12.9 Å². The van der Waals surface area contributed by atoms with Crippen LogP contribution in [-0.2, 0) is 16.4 Å². The standard InChI is InChI=1S/C10H16N2O3S/c1-16(13,14)10-4-2-3-9(10)11-7-8-5-6-15-12-8/h5-6,9-11H,2-4,7H2,1H3. The third-order valence-electron chi connectivity index (χ3n) is 3.04. The Morgan fingerprint density at radius 2 is 2.38 bits per heavy atom. The molecule has 1 aliphatic rings. The van der Waals surface area contributed by atoms with E-state index in [2.05, 4.69) is 10.5 Å². The van der Waals surface area contributed by atoms with Gasteiger partial charge in [0.15, 0.2) is 9.84 Å². The minimum atomic E-state index is -2.95. The number of nitrogens with zero attached hydrogens (tertiary/aromatic N) is 1. The van der Waals surface area contributed by atoms with Gasteiger partial charge in [0.05, 0.1) is 10.9 Å². The van der Waals surface area contributed by atoms with E-state index in [-0.39, 0.29) is 11.3 Å². The predicted molar refractivity (Wildman–Crippen MR) is 59.6 cm³/mol. The highest BCUT2D eigenvalue weighted by molar-refractivity contribution is 7.91. The Morgan fingerprint density at radius 3 is 3.00 bits per heavy atom. The Hall–Kier alpha value is -0.880. The van der Waals surface area contributed by atoms with E-state index in [1.54, 1.807) is 6.07 Å². The minimum absolute atomic E-state index is 0.0479. The summed E-state index contributed by atoms with van der Waals surface area (Å²) in [7, 11) is -2.95. The molecule has 2 unspecified atom stereocenters. The molecule has 1 aromatic rings. The van der Waals surface area contributed by atoms with Gasteiger partial charge in [0.1, 0.15) is 6.26 Å². The summed E-state index contributed by atoms with van der Waals surface area (Å²) in [6, 6.07) is 1.82. The molecular weight excluding hydrogens is 228 g/mol. The first-order chi connectivity index (χ1) is 7.57. The minimum Gasteiger partial charge on any atom is -0.364 e. The molecule has 2 rings (SSSR count). The van der Waals surface area contributed by atoms with Gasteiger partial charge in [-0.05, 0) is 12.8 Å². The van der Waals surface area contributed by atoms with Crippen molar-refractivity contribution in [3.8, 4) is 0 Å². The van der Waals surface area contributed by atoms with Crippen molar-refractivity contribution in [2.75, 3.05) is 6.26 Å². The van der Waals surface area contributed by atoms with E-state index in [9.17, 15) is 8.42 Å². The van der Waals surface area contributed by atoms with Gasteiger partial charge in [-0.25, -0.2) is 8.42 Å². The number of nitrogens with one attached hydrogen (secondary N) is 1. The van der Waals surface area contributed by atoms with Crippen LogP contribution in [0.1, 0.15) is 25.0 Å².